The highest BCUT2D eigenvalue weighted by Gasteiger charge is 2.42. The van der Waals surface area contributed by atoms with Crippen LogP contribution in [0.5, 0.6) is 0 Å². The van der Waals surface area contributed by atoms with Crippen LogP contribution in [0.25, 0.3) is 0 Å². The Morgan fingerprint density at radius 1 is 1.26 bits per heavy atom. The molecule has 0 amide bonds. The molecule has 2 fully saturated rings. The van der Waals surface area contributed by atoms with Gasteiger partial charge in [0.25, 0.3) is 10.2 Å². The van der Waals surface area contributed by atoms with Crippen molar-refractivity contribution in [1.82, 2.24) is 8.61 Å². The van der Waals surface area contributed by atoms with E-state index < -0.39 is 22.2 Å². The summed E-state index contributed by atoms with van der Waals surface area (Å²) < 4.78 is 32.9. The van der Waals surface area contributed by atoms with Gasteiger partial charge >= 0.3 is 5.97 Å². The fourth-order valence-corrected chi connectivity index (χ4v) is 4.58. The first kappa shape index (κ1) is 14.7. The van der Waals surface area contributed by atoms with Crippen LogP contribution in [0.2, 0.25) is 0 Å². The van der Waals surface area contributed by atoms with Gasteiger partial charge < -0.3 is 9.84 Å². The zero-order valence-electron chi connectivity index (χ0n) is 11.0. The van der Waals surface area contributed by atoms with E-state index in [4.69, 9.17) is 4.74 Å². The van der Waals surface area contributed by atoms with E-state index in [-0.39, 0.29) is 19.1 Å². The zero-order chi connectivity index (χ0) is 14.0. The van der Waals surface area contributed by atoms with Gasteiger partial charge in [0.15, 0.2) is 0 Å². The molecule has 2 rings (SSSR count). The zero-order valence-corrected chi connectivity index (χ0v) is 11.8. The fourth-order valence-electron chi connectivity index (χ4n) is 2.62. The highest BCUT2D eigenvalue weighted by Crippen LogP contribution is 2.25. The van der Waals surface area contributed by atoms with E-state index in [0.717, 1.165) is 10.7 Å². The molecule has 8 heteroatoms. The molecule has 110 valence electrons. The summed E-state index contributed by atoms with van der Waals surface area (Å²) in [5.41, 5.74) is 0. The molecule has 0 aromatic rings. The van der Waals surface area contributed by atoms with E-state index in [1.54, 1.807) is 6.92 Å². The monoisotopic (exact) mass is 292 g/mol. The third-order valence-corrected chi connectivity index (χ3v) is 5.80. The van der Waals surface area contributed by atoms with Crippen molar-refractivity contribution in [2.45, 2.75) is 38.3 Å². The molecule has 0 saturated carbocycles. The molecular formula is C11H20N2O5S. The normalized spacial score (nSPS) is 31.2. The highest BCUT2D eigenvalue weighted by molar-refractivity contribution is 7.86. The number of carbonyl (C=O) groups is 1. The quantitative estimate of drug-likeness (QED) is 0.784. The molecular weight excluding hydrogens is 272 g/mol. The van der Waals surface area contributed by atoms with Crippen LogP contribution >= 0.6 is 0 Å². The predicted molar refractivity (Wildman–Crippen MR) is 67.9 cm³/mol. The van der Waals surface area contributed by atoms with Crippen molar-refractivity contribution in [2.75, 3.05) is 26.3 Å². The summed E-state index contributed by atoms with van der Waals surface area (Å²) in [5.74, 6) is -1.07. The summed E-state index contributed by atoms with van der Waals surface area (Å²) >= 11 is 0. The van der Waals surface area contributed by atoms with E-state index >= 15 is 0 Å². The van der Waals surface area contributed by atoms with E-state index in [1.807, 2.05) is 0 Å². The average Bonchev–Trinajstić information content (AvgIpc) is 2.39. The molecule has 0 unspecified atom stereocenters. The maximum absolute atomic E-state index is 12.6. The molecule has 2 saturated heterocycles. The van der Waals surface area contributed by atoms with E-state index in [2.05, 4.69) is 0 Å². The van der Waals surface area contributed by atoms with Crippen LogP contribution in [0.4, 0.5) is 0 Å². The SMILES string of the molecule is C[C@H]1COCCN1S(=O)(=O)N1CCCC[C@@H]1C(=O)O. The van der Waals surface area contributed by atoms with Crippen molar-refractivity contribution in [3.8, 4) is 0 Å². The second kappa shape index (κ2) is 5.74. The lowest BCUT2D eigenvalue weighted by Gasteiger charge is -2.39. The molecule has 2 atom stereocenters. The predicted octanol–water partition coefficient (Wildman–Crippen LogP) is -0.109. The molecule has 0 aromatic heterocycles. The van der Waals surface area contributed by atoms with Crippen LogP contribution in [-0.4, -0.2) is 66.5 Å². The maximum Gasteiger partial charge on any atom is 0.322 e. The molecule has 7 nitrogen and oxygen atoms in total. The number of rotatable bonds is 3. The summed E-state index contributed by atoms with van der Waals surface area (Å²) in [5, 5.41) is 9.19. The van der Waals surface area contributed by atoms with Gasteiger partial charge in [-0.3, -0.25) is 4.79 Å². The molecule has 0 bridgehead atoms. The Labute approximate surface area is 113 Å². The van der Waals surface area contributed by atoms with Gasteiger partial charge in [0, 0.05) is 19.1 Å². The van der Waals surface area contributed by atoms with Gasteiger partial charge in [-0.05, 0) is 26.2 Å². The Kier molecular flexibility index (Phi) is 4.44. The van der Waals surface area contributed by atoms with Crippen LogP contribution in [0.3, 0.4) is 0 Å². The van der Waals surface area contributed by atoms with Crippen molar-refractivity contribution in [3.05, 3.63) is 0 Å². The van der Waals surface area contributed by atoms with Crippen molar-refractivity contribution >= 4 is 16.2 Å². The number of piperidine rings is 1. The number of carboxylic acid groups (broad SMARTS) is 1. The molecule has 1 N–H and O–H groups in total. The number of nitrogens with zero attached hydrogens (tertiary/aromatic N) is 2. The molecule has 0 radical (unpaired) electrons. The third-order valence-electron chi connectivity index (χ3n) is 3.64. The average molecular weight is 292 g/mol. The van der Waals surface area contributed by atoms with Gasteiger partial charge in [-0.25, -0.2) is 0 Å². The van der Waals surface area contributed by atoms with Crippen LogP contribution < -0.4 is 0 Å². The van der Waals surface area contributed by atoms with E-state index in [1.165, 1.54) is 4.31 Å². The Balaban J connectivity index is 2.23. The number of ether oxygens (including phenoxy) is 1. The van der Waals surface area contributed by atoms with Gasteiger partial charge in [0.1, 0.15) is 6.04 Å². The first-order chi connectivity index (χ1) is 8.94. The first-order valence-corrected chi connectivity index (χ1v) is 7.93. The minimum atomic E-state index is -3.72. The van der Waals surface area contributed by atoms with E-state index in [9.17, 15) is 18.3 Å². The van der Waals surface area contributed by atoms with Gasteiger partial charge in [-0.2, -0.15) is 17.0 Å². The summed E-state index contributed by atoms with van der Waals surface area (Å²) in [6.07, 6.45) is 1.84. The Hall–Kier alpha value is -0.700. The molecule has 0 spiro atoms. The first-order valence-electron chi connectivity index (χ1n) is 6.53. The minimum Gasteiger partial charge on any atom is -0.480 e. The molecule has 0 aliphatic carbocycles. The minimum absolute atomic E-state index is 0.255. The second-order valence-corrected chi connectivity index (χ2v) is 6.84. The Bertz CT molecular complexity index is 438. The lowest BCUT2D eigenvalue weighted by molar-refractivity contribution is -0.142. The van der Waals surface area contributed by atoms with Crippen LogP contribution in [-0.2, 0) is 19.7 Å². The number of hydrogen-bond donors (Lipinski definition) is 1. The van der Waals surface area contributed by atoms with Crippen LogP contribution in [0.1, 0.15) is 26.2 Å². The van der Waals surface area contributed by atoms with Crippen molar-refractivity contribution in [2.24, 2.45) is 0 Å². The lowest BCUT2D eigenvalue weighted by Crippen LogP contribution is -2.57. The molecule has 2 aliphatic heterocycles. The summed E-state index contributed by atoms with van der Waals surface area (Å²) in [7, 11) is -3.72. The molecule has 2 heterocycles. The number of aliphatic carboxylic acids is 1. The highest BCUT2D eigenvalue weighted by atomic mass is 32.2. The summed E-state index contributed by atoms with van der Waals surface area (Å²) in [4.78, 5) is 11.2. The number of morpholine rings is 1. The third kappa shape index (κ3) is 2.91. The van der Waals surface area contributed by atoms with Gasteiger partial charge in [-0.15, -0.1) is 0 Å². The lowest BCUT2D eigenvalue weighted by atomic mass is 10.1. The summed E-state index contributed by atoms with van der Waals surface area (Å²) in [6.45, 7) is 3.05. The van der Waals surface area contributed by atoms with Crippen molar-refractivity contribution < 1.29 is 23.1 Å². The van der Waals surface area contributed by atoms with Crippen molar-refractivity contribution in [1.29, 1.82) is 0 Å². The number of carboxylic acids is 1. The molecule has 2 aliphatic rings. The van der Waals surface area contributed by atoms with Gasteiger partial charge in [0.05, 0.1) is 13.2 Å². The molecule has 19 heavy (non-hydrogen) atoms. The smallest absolute Gasteiger partial charge is 0.322 e. The molecule has 0 aromatic carbocycles. The van der Waals surface area contributed by atoms with Gasteiger partial charge in [0.2, 0.25) is 0 Å². The largest absolute Gasteiger partial charge is 0.480 e. The van der Waals surface area contributed by atoms with E-state index in [0.29, 0.717) is 26.1 Å². The Morgan fingerprint density at radius 2 is 2.00 bits per heavy atom. The van der Waals surface area contributed by atoms with Crippen LogP contribution in [0.15, 0.2) is 0 Å². The topological polar surface area (TPSA) is 87.2 Å². The summed E-state index contributed by atoms with van der Waals surface area (Å²) in [6, 6.07) is -1.19. The maximum atomic E-state index is 12.6. The fraction of sp³-hybridized carbons (Fsp3) is 0.909. The van der Waals surface area contributed by atoms with Gasteiger partial charge in [-0.1, -0.05) is 0 Å². The Morgan fingerprint density at radius 3 is 2.63 bits per heavy atom. The second-order valence-electron chi connectivity index (χ2n) is 5.00. The van der Waals surface area contributed by atoms with Crippen molar-refractivity contribution in [3.63, 3.8) is 0 Å². The standard InChI is InChI=1S/C11H20N2O5S/c1-9-8-18-7-6-12(9)19(16,17)13-5-3-2-4-10(13)11(14)15/h9-10H,2-8H2,1H3,(H,14,15)/t9-,10+/m0/s1. The number of hydrogen-bond acceptors (Lipinski definition) is 4. The van der Waals surface area contributed by atoms with Crippen LogP contribution in [0, 0.1) is 0 Å².